The van der Waals surface area contributed by atoms with Gasteiger partial charge in [0.25, 0.3) is 0 Å². The van der Waals surface area contributed by atoms with Crippen molar-refractivity contribution in [3.05, 3.63) is 35.7 Å². The number of rotatable bonds is 4. The SMILES string of the molecule is CC(C)c1ccc(-c2noc([C@H]3CCCN(C(=O)CC(C)(C)C)C3)n2)cc1. The average Bonchev–Trinajstić information content (AvgIpc) is 3.10. The van der Waals surface area contributed by atoms with E-state index in [0.717, 1.165) is 24.9 Å². The molecule has 146 valence electrons. The summed E-state index contributed by atoms with van der Waals surface area (Å²) in [6.45, 7) is 12.1. The molecule has 0 spiro atoms. The average molecular weight is 370 g/mol. The van der Waals surface area contributed by atoms with E-state index in [1.54, 1.807) is 0 Å². The lowest BCUT2D eigenvalue weighted by atomic mass is 9.90. The predicted octanol–water partition coefficient (Wildman–Crippen LogP) is 5.00. The zero-order valence-electron chi connectivity index (χ0n) is 17.2. The molecule has 0 aliphatic carbocycles. The van der Waals surface area contributed by atoms with Gasteiger partial charge in [-0.1, -0.05) is 64.0 Å². The van der Waals surface area contributed by atoms with Crippen LogP contribution in [-0.4, -0.2) is 34.0 Å². The topological polar surface area (TPSA) is 59.2 Å². The van der Waals surface area contributed by atoms with E-state index in [2.05, 4.69) is 56.9 Å². The first-order valence-corrected chi connectivity index (χ1v) is 9.94. The smallest absolute Gasteiger partial charge is 0.231 e. The Bertz CT molecular complexity index is 772. The Morgan fingerprint density at radius 1 is 1.26 bits per heavy atom. The summed E-state index contributed by atoms with van der Waals surface area (Å²) in [6.07, 6.45) is 2.52. The van der Waals surface area contributed by atoms with Gasteiger partial charge in [0.1, 0.15) is 0 Å². The van der Waals surface area contributed by atoms with Gasteiger partial charge < -0.3 is 9.42 Å². The quantitative estimate of drug-likeness (QED) is 0.761. The molecule has 5 nitrogen and oxygen atoms in total. The van der Waals surface area contributed by atoms with Gasteiger partial charge in [-0.2, -0.15) is 4.98 Å². The zero-order chi connectivity index (χ0) is 19.6. The number of carbonyl (C=O) groups excluding carboxylic acids is 1. The van der Waals surface area contributed by atoms with E-state index in [1.807, 2.05) is 17.0 Å². The monoisotopic (exact) mass is 369 g/mol. The Morgan fingerprint density at radius 2 is 1.96 bits per heavy atom. The lowest BCUT2D eigenvalue weighted by molar-refractivity contribution is -0.134. The minimum Gasteiger partial charge on any atom is -0.342 e. The van der Waals surface area contributed by atoms with Crippen molar-refractivity contribution in [3.8, 4) is 11.4 Å². The van der Waals surface area contributed by atoms with Gasteiger partial charge in [-0.15, -0.1) is 0 Å². The summed E-state index contributed by atoms with van der Waals surface area (Å²) in [5.41, 5.74) is 2.26. The summed E-state index contributed by atoms with van der Waals surface area (Å²) in [5, 5.41) is 4.18. The Labute approximate surface area is 162 Å². The minimum absolute atomic E-state index is 0.00380. The highest BCUT2D eigenvalue weighted by Crippen LogP contribution is 2.29. The van der Waals surface area contributed by atoms with Crippen LogP contribution in [0.2, 0.25) is 0 Å². The molecule has 1 aliphatic heterocycles. The van der Waals surface area contributed by atoms with Crippen molar-refractivity contribution in [1.29, 1.82) is 0 Å². The van der Waals surface area contributed by atoms with Crippen LogP contribution in [-0.2, 0) is 4.79 Å². The number of benzene rings is 1. The molecule has 1 amide bonds. The van der Waals surface area contributed by atoms with E-state index < -0.39 is 0 Å². The summed E-state index contributed by atoms with van der Waals surface area (Å²) in [6, 6.07) is 8.32. The van der Waals surface area contributed by atoms with E-state index in [1.165, 1.54) is 5.56 Å². The van der Waals surface area contributed by atoms with Crippen LogP contribution in [0.3, 0.4) is 0 Å². The van der Waals surface area contributed by atoms with E-state index in [0.29, 0.717) is 30.6 Å². The molecule has 27 heavy (non-hydrogen) atoms. The first kappa shape index (κ1) is 19.6. The maximum atomic E-state index is 12.6. The van der Waals surface area contributed by atoms with Crippen molar-refractivity contribution < 1.29 is 9.32 Å². The van der Waals surface area contributed by atoms with E-state index in [4.69, 9.17) is 4.52 Å². The van der Waals surface area contributed by atoms with Gasteiger partial charge in [0, 0.05) is 25.1 Å². The maximum Gasteiger partial charge on any atom is 0.231 e. The molecule has 5 heteroatoms. The van der Waals surface area contributed by atoms with Gasteiger partial charge >= 0.3 is 0 Å². The van der Waals surface area contributed by atoms with Crippen molar-refractivity contribution in [2.45, 2.75) is 65.7 Å². The molecule has 0 bridgehead atoms. The Balaban J connectivity index is 1.69. The van der Waals surface area contributed by atoms with Gasteiger partial charge in [0.2, 0.25) is 17.6 Å². The fourth-order valence-corrected chi connectivity index (χ4v) is 3.51. The van der Waals surface area contributed by atoms with Gasteiger partial charge in [-0.05, 0) is 29.7 Å². The lowest BCUT2D eigenvalue weighted by Gasteiger charge is -2.33. The van der Waals surface area contributed by atoms with Crippen LogP contribution in [0.5, 0.6) is 0 Å². The summed E-state index contributed by atoms with van der Waals surface area (Å²) >= 11 is 0. The molecular formula is C22H31N3O2. The predicted molar refractivity (Wildman–Crippen MR) is 106 cm³/mol. The van der Waals surface area contributed by atoms with Gasteiger partial charge in [0.15, 0.2) is 0 Å². The number of hydrogen-bond acceptors (Lipinski definition) is 4. The lowest BCUT2D eigenvalue weighted by Crippen LogP contribution is -2.40. The number of aromatic nitrogens is 2. The number of likely N-dealkylation sites (tertiary alicyclic amines) is 1. The van der Waals surface area contributed by atoms with Crippen LogP contribution in [0.4, 0.5) is 0 Å². The molecule has 0 unspecified atom stereocenters. The molecule has 3 rings (SSSR count). The third-order valence-electron chi connectivity index (χ3n) is 5.08. The standard InChI is InChI=1S/C22H31N3O2/c1-15(2)16-8-10-17(11-9-16)20-23-21(27-24-20)18-7-6-12-25(14-18)19(26)13-22(3,4)5/h8-11,15,18H,6-7,12-14H2,1-5H3/t18-/m0/s1. The van der Waals surface area contributed by atoms with Crippen LogP contribution in [0.15, 0.2) is 28.8 Å². The third kappa shape index (κ3) is 4.96. The van der Waals surface area contributed by atoms with Crippen molar-refractivity contribution in [2.24, 2.45) is 5.41 Å². The van der Waals surface area contributed by atoms with Crippen LogP contribution in [0.1, 0.15) is 77.2 Å². The van der Waals surface area contributed by atoms with Crippen molar-refractivity contribution in [2.75, 3.05) is 13.1 Å². The minimum atomic E-state index is 0.00380. The highest BCUT2D eigenvalue weighted by Gasteiger charge is 2.30. The molecule has 0 N–H and O–H groups in total. The third-order valence-corrected chi connectivity index (χ3v) is 5.08. The van der Waals surface area contributed by atoms with Crippen molar-refractivity contribution >= 4 is 5.91 Å². The normalized spacial score (nSPS) is 18.1. The summed E-state index contributed by atoms with van der Waals surface area (Å²) < 4.78 is 5.57. The Morgan fingerprint density at radius 3 is 2.59 bits per heavy atom. The maximum absolute atomic E-state index is 12.6. The van der Waals surface area contributed by atoms with Gasteiger partial charge in [-0.25, -0.2) is 0 Å². The second-order valence-electron chi connectivity index (χ2n) is 9.15. The second kappa shape index (κ2) is 7.83. The molecule has 0 radical (unpaired) electrons. The molecule has 1 aromatic carbocycles. The van der Waals surface area contributed by atoms with E-state index in [-0.39, 0.29) is 17.2 Å². The Kier molecular flexibility index (Phi) is 5.68. The van der Waals surface area contributed by atoms with Crippen LogP contribution >= 0.6 is 0 Å². The van der Waals surface area contributed by atoms with Gasteiger partial charge in [-0.3, -0.25) is 4.79 Å². The van der Waals surface area contributed by atoms with E-state index >= 15 is 0 Å². The van der Waals surface area contributed by atoms with Crippen molar-refractivity contribution in [3.63, 3.8) is 0 Å². The number of piperidine rings is 1. The molecule has 1 fully saturated rings. The van der Waals surface area contributed by atoms with Crippen LogP contribution < -0.4 is 0 Å². The second-order valence-corrected chi connectivity index (χ2v) is 9.15. The highest BCUT2D eigenvalue weighted by molar-refractivity contribution is 5.77. The largest absolute Gasteiger partial charge is 0.342 e. The fraction of sp³-hybridized carbons (Fsp3) is 0.591. The first-order chi connectivity index (χ1) is 12.7. The molecular weight excluding hydrogens is 338 g/mol. The number of nitrogens with zero attached hydrogens (tertiary/aromatic N) is 3. The summed E-state index contributed by atoms with van der Waals surface area (Å²) in [4.78, 5) is 19.2. The molecule has 2 aromatic rings. The number of carbonyl (C=O) groups is 1. The van der Waals surface area contributed by atoms with Crippen molar-refractivity contribution in [1.82, 2.24) is 15.0 Å². The molecule has 2 heterocycles. The molecule has 1 aromatic heterocycles. The molecule has 1 saturated heterocycles. The van der Waals surface area contributed by atoms with Crippen LogP contribution in [0.25, 0.3) is 11.4 Å². The molecule has 1 aliphatic rings. The van der Waals surface area contributed by atoms with Crippen LogP contribution in [0, 0.1) is 5.41 Å². The van der Waals surface area contributed by atoms with Gasteiger partial charge in [0.05, 0.1) is 5.92 Å². The molecule has 0 saturated carbocycles. The molecule has 1 atom stereocenters. The summed E-state index contributed by atoms with van der Waals surface area (Å²) in [7, 11) is 0. The number of amides is 1. The highest BCUT2D eigenvalue weighted by atomic mass is 16.5. The number of hydrogen-bond donors (Lipinski definition) is 0. The fourth-order valence-electron chi connectivity index (χ4n) is 3.51. The first-order valence-electron chi connectivity index (χ1n) is 9.94. The zero-order valence-corrected chi connectivity index (χ0v) is 17.2. The summed E-state index contributed by atoms with van der Waals surface area (Å²) in [5.74, 6) is 2.11. The van der Waals surface area contributed by atoms with E-state index in [9.17, 15) is 4.79 Å². The Hall–Kier alpha value is -2.17.